The van der Waals surface area contributed by atoms with Crippen molar-refractivity contribution in [2.24, 2.45) is 10.9 Å². The first kappa shape index (κ1) is 17.2. The molecule has 1 aromatic rings. The zero-order chi connectivity index (χ0) is 15.7. The van der Waals surface area contributed by atoms with Gasteiger partial charge in [0.05, 0.1) is 18.4 Å². The minimum absolute atomic E-state index is 0.348. The molecule has 0 amide bonds. The topological polar surface area (TPSA) is 38.7 Å². The third-order valence-corrected chi connectivity index (χ3v) is 3.26. The van der Waals surface area contributed by atoms with Crippen molar-refractivity contribution in [3.63, 3.8) is 0 Å². The number of hydrogen-bond acceptors (Lipinski definition) is 3. The zero-order valence-electron chi connectivity index (χ0n) is 13.4. The standard InChI is InChI=1S/C18H25NO2/c1-14(2)8-7-9-15(3)12-13-19-17-11-6-5-10-16(17)18(20)21-4/h5-6,8,10-11,13,15H,7,9,12H2,1-4H3/b19-13+. The molecule has 0 saturated heterocycles. The van der Waals surface area contributed by atoms with Crippen LogP contribution in [0, 0.1) is 5.92 Å². The summed E-state index contributed by atoms with van der Waals surface area (Å²) in [5, 5.41) is 0. The summed E-state index contributed by atoms with van der Waals surface area (Å²) in [6.45, 7) is 6.46. The van der Waals surface area contributed by atoms with Gasteiger partial charge in [-0.2, -0.15) is 0 Å². The third kappa shape index (κ3) is 6.39. The van der Waals surface area contributed by atoms with Crippen molar-refractivity contribution < 1.29 is 9.53 Å². The fraction of sp³-hybridized carbons (Fsp3) is 0.444. The molecule has 0 fully saturated rings. The van der Waals surface area contributed by atoms with E-state index in [4.69, 9.17) is 4.74 Å². The second-order valence-corrected chi connectivity index (χ2v) is 5.52. The van der Waals surface area contributed by atoms with Gasteiger partial charge in [-0.1, -0.05) is 30.7 Å². The van der Waals surface area contributed by atoms with Crippen molar-refractivity contribution in [3.05, 3.63) is 41.5 Å². The van der Waals surface area contributed by atoms with Gasteiger partial charge in [0, 0.05) is 6.21 Å². The minimum Gasteiger partial charge on any atom is -0.465 e. The van der Waals surface area contributed by atoms with E-state index >= 15 is 0 Å². The first-order valence-corrected chi connectivity index (χ1v) is 7.37. The number of rotatable bonds is 7. The Morgan fingerprint density at radius 1 is 1.33 bits per heavy atom. The summed E-state index contributed by atoms with van der Waals surface area (Å²) < 4.78 is 4.76. The maximum atomic E-state index is 11.6. The highest BCUT2D eigenvalue weighted by Crippen LogP contribution is 2.19. The Morgan fingerprint density at radius 3 is 2.71 bits per heavy atom. The molecule has 0 heterocycles. The second kappa shape index (κ2) is 9.11. The molecule has 114 valence electrons. The van der Waals surface area contributed by atoms with Crippen molar-refractivity contribution in [1.29, 1.82) is 0 Å². The highest BCUT2D eigenvalue weighted by atomic mass is 16.5. The molecule has 1 atom stereocenters. The van der Waals surface area contributed by atoms with E-state index in [1.54, 1.807) is 6.07 Å². The van der Waals surface area contributed by atoms with Gasteiger partial charge < -0.3 is 4.74 Å². The Balaban J connectivity index is 2.57. The Bertz CT molecular complexity index is 514. The Morgan fingerprint density at radius 2 is 2.05 bits per heavy atom. The van der Waals surface area contributed by atoms with Crippen LogP contribution in [-0.4, -0.2) is 19.3 Å². The lowest BCUT2D eigenvalue weighted by Gasteiger charge is -2.06. The molecule has 0 radical (unpaired) electrons. The van der Waals surface area contributed by atoms with Gasteiger partial charge in [0.15, 0.2) is 0 Å². The monoisotopic (exact) mass is 287 g/mol. The molecule has 0 saturated carbocycles. The summed E-state index contributed by atoms with van der Waals surface area (Å²) >= 11 is 0. The Kier molecular flexibility index (Phi) is 7.44. The van der Waals surface area contributed by atoms with E-state index in [0.29, 0.717) is 17.2 Å². The molecule has 0 aliphatic carbocycles. The Hall–Kier alpha value is -1.90. The summed E-state index contributed by atoms with van der Waals surface area (Å²) in [6, 6.07) is 7.25. The van der Waals surface area contributed by atoms with Gasteiger partial charge in [-0.25, -0.2) is 4.79 Å². The van der Waals surface area contributed by atoms with Crippen LogP contribution in [0.3, 0.4) is 0 Å². The van der Waals surface area contributed by atoms with Crippen LogP contribution in [0.25, 0.3) is 0 Å². The lowest BCUT2D eigenvalue weighted by Crippen LogP contribution is -2.01. The van der Waals surface area contributed by atoms with Crippen LogP contribution < -0.4 is 0 Å². The van der Waals surface area contributed by atoms with Crippen LogP contribution >= 0.6 is 0 Å². The fourth-order valence-electron chi connectivity index (χ4n) is 1.97. The van der Waals surface area contributed by atoms with Gasteiger partial charge in [-0.15, -0.1) is 0 Å². The highest BCUT2D eigenvalue weighted by Gasteiger charge is 2.09. The molecule has 0 aliphatic heterocycles. The molecule has 0 spiro atoms. The Labute approximate surface area is 127 Å². The molecule has 1 rings (SSSR count). The number of carbonyl (C=O) groups is 1. The van der Waals surface area contributed by atoms with Gasteiger partial charge in [0.25, 0.3) is 0 Å². The van der Waals surface area contributed by atoms with E-state index in [-0.39, 0.29) is 5.97 Å². The quantitative estimate of drug-likeness (QED) is 0.404. The summed E-state index contributed by atoms with van der Waals surface area (Å²) in [5.74, 6) is 0.231. The van der Waals surface area contributed by atoms with Crippen LogP contribution in [-0.2, 0) is 4.74 Å². The smallest absolute Gasteiger partial charge is 0.340 e. The van der Waals surface area contributed by atoms with Crippen LogP contribution in [0.2, 0.25) is 0 Å². The van der Waals surface area contributed by atoms with Gasteiger partial charge in [-0.05, 0) is 51.2 Å². The van der Waals surface area contributed by atoms with Crippen molar-refractivity contribution in [2.45, 2.75) is 40.0 Å². The number of benzene rings is 1. The normalized spacial score (nSPS) is 12.2. The number of methoxy groups -OCH3 is 1. The second-order valence-electron chi connectivity index (χ2n) is 5.52. The molecule has 21 heavy (non-hydrogen) atoms. The van der Waals surface area contributed by atoms with Crippen molar-refractivity contribution in [2.75, 3.05) is 7.11 Å². The lowest BCUT2D eigenvalue weighted by atomic mass is 10.0. The van der Waals surface area contributed by atoms with Crippen LogP contribution in [0.4, 0.5) is 5.69 Å². The summed E-state index contributed by atoms with van der Waals surface area (Å²) in [7, 11) is 1.38. The highest BCUT2D eigenvalue weighted by molar-refractivity contribution is 5.95. The number of nitrogens with zero attached hydrogens (tertiary/aromatic N) is 1. The predicted octanol–water partition coefficient (Wildman–Crippen LogP) is 4.95. The molecule has 1 aromatic carbocycles. The van der Waals surface area contributed by atoms with Crippen LogP contribution in [0.15, 0.2) is 40.9 Å². The van der Waals surface area contributed by atoms with E-state index in [2.05, 4.69) is 31.8 Å². The number of carbonyl (C=O) groups excluding carboxylic acids is 1. The van der Waals surface area contributed by atoms with E-state index in [1.165, 1.54) is 12.7 Å². The predicted molar refractivity (Wildman–Crippen MR) is 88.4 cm³/mol. The van der Waals surface area contributed by atoms with Crippen LogP contribution in [0.1, 0.15) is 50.4 Å². The van der Waals surface area contributed by atoms with E-state index in [0.717, 1.165) is 19.3 Å². The van der Waals surface area contributed by atoms with Gasteiger partial charge in [0.2, 0.25) is 0 Å². The molecule has 0 bridgehead atoms. The molecule has 1 unspecified atom stereocenters. The SMILES string of the molecule is COC(=O)c1ccccc1/N=C/CC(C)CCC=C(C)C. The molecule has 3 heteroatoms. The number of aliphatic imine (C=N–C) groups is 1. The molecule has 0 aliphatic rings. The molecular formula is C18H25NO2. The fourth-order valence-corrected chi connectivity index (χ4v) is 1.97. The number of hydrogen-bond donors (Lipinski definition) is 0. The number of para-hydroxylation sites is 1. The number of ether oxygens (including phenoxy) is 1. The zero-order valence-corrected chi connectivity index (χ0v) is 13.4. The lowest BCUT2D eigenvalue weighted by molar-refractivity contribution is 0.0601. The van der Waals surface area contributed by atoms with Crippen LogP contribution in [0.5, 0.6) is 0 Å². The minimum atomic E-state index is -0.348. The average Bonchev–Trinajstić information content (AvgIpc) is 2.46. The summed E-state index contributed by atoms with van der Waals surface area (Å²) in [4.78, 5) is 16.1. The first-order valence-electron chi connectivity index (χ1n) is 7.37. The maximum absolute atomic E-state index is 11.6. The van der Waals surface area contributed by atoms with Crippen molar-refractivity contribution >= 4 is 17.9 Å². The molecule has 0 aromatic heterocycles. The van der Waals surface area contributed by atoms with Crippen molar-refractivity contribution in [1.82, 2.24) is 0 Å². The molecule has 0 N–H and O–H groups in total. The molecular weight excluding hydrogens is 262 g/mol. The third-order valence-electron chi connectivity index (χ3n) is 3.26. The first-order chi connectivity index (χ1) is 10.0. The molecule has 3 nitrogen and oxygen atoms in total. The number of esters is 1. The number of allylic oxidation sites excluding steroid dienone is 2. The summed E-state index contributed by atoms with van der Waals surface area (Å²) in [5.41, 5.74) is 2.54. The average molecular weight is 287 g/mol. The van der Waals surface area contributed by atoms with E-state index in [9.17, 15) is 4.79 Å². The maximum Gasteiger partial charge on any atom is 0.340 e. The van der Waals surface area contributed by atoms with Gasteiger partial charge in [0.1, 0.15) is 0 Å². The van der Waals surface area contributed by atoms with Gasteiger partial charge in [-0.3, -0.25) is 4.99 Å². The van der Waals surface area contributed by atoms with Gasteiger partial charge >= 0.3 is 5.97 Å². The van der Waals surface area contributed by atoms with Crippen molar-refractivity contribution in [3.8, 4) is 0 Å². The summed E-state index contributed by atoms with van der Waals surface area (Å²) in [6.07, 6.45) is 7.33. The van der Waals surface area contributed by atoms with E-state index < -0.39 is 0 Å². The largest absolute Gasteiger partial charge is 0.465 e. The van der Waals surface area contributed by atoms with E-state index in [1.807, 2.05) is 24.4 Å².